The Morgan fingerprint density at radius 1 is 1.78 bits per heavy atom. The molecule has 0 aromatic carbocycles. The van der Waals surface area contributed by atoms with E-state index in [4.69, 9.17) is 0 Å². The summed E-state index contributed by atoms with van der Waals surface area (Å²) in [4.78, 5) is 0. The zero-order valence-electron chi connectivity index (χ0n) is 5.65. The Morgan fingerprint density at radius 2 is 2.56 bits per heavy atom. The first-order valence-corrected chi connectivity index (χ1v) is 3.07. The van der Waals surface area contributed by atoms with Crippen LogP contribution in [0.25, 0.3) is 0 Å². The Balaban J connectivity index is 2.79. The van der Waals surface area contributed by atoms with Crippen LogP contribution in [-0.2, 0) is 0 Å². The average molecular weight is 121 g/mol. The van der Waals surface area contributed by atoms with E-state index in [1.165, 1.54) is 11.1 Å². The van der Waals surface area contributed by atoms with Gasteiger partial charge >= 0.3 is 0 Å². The highest BCUT2D eigenvalue weighted by molar-refractivity contribution is 5.38. The Morgan fingerprint density at radius 3 is 3.00 bits per heavy atom. The van der Waals surface area contributed by atoms with Gasteiger partial charge in [-0.05, 0) is 18.1 Å². The second-order valence-corrected chi connectivity index (χ2v) is 2.10. The molecule has 9 heavy (non-hydrogen) atoms. The molecular formula is C8H11N. The lowest BCUT2D eigenvalue weighted by molar-refractivity contribution is 0.945. The van der Waals surface area contributed by atoms with Gasteiger partial charge in [-0.15, -0.1) is 0 Å². The van der Waals surface area contributed by atoms with Crippen molar-refractivity contribution in [3.8, 4) is 0 Å². The lowest BCUT2D eigenvalue weighted by atomic mass is 10.1. The topological polar surface area (TPSA) is 12.0 Å². The predicted octanol–water partition coefficient (Wildman–Crippen LogP) is 1.61. The summed E-state index contributed by atoms with van der Waals surface area (Å²) in [6, 6.07) is 0. The molecule has 0 aromatic rings. The third-order valence-corrected chi connectivity index (χ3v) is 1.46. The van der Waals surface area contributed by atoms with Crippen LogP contribution in [-0.4, -0.2) is 6.54 Å². The van der Waals surface area contributed by atoms with Crippen molar-refractivity contribution in [3.05, 3.63) is 36.1 Å². The first kappa shape index (κ1) is 6.14. The van der Waals surface area contributed by atoms with Crippen molar-refractivity contribution >= 4 is 0 Å². The van der Waals surface area contributed by atoms with Gasteiger partial charge in [-0.3, -0.25) is 0 Å². The quantitative estimate of drug-likeness (QED) is 0.555. The van der Waals surface area contributed by atoms with Crippen LogP contribution in [0.3, 0.4) is 0 Å². The third kappa shape index (κ3) is 1.22. The summed E-state index contributed by atoms with van der Waals surface area (Å²) >= 11 is 0. The van der Waals surface area contributed by atoms with Crippen molar-refractivity contribution in [1.29, 1.82) is 0 Å². The van der Waals surface area contributed by atoms with Crippen LogP contribution >= 0.6 is 0 Å². The molecule has 1 nitrogen and oxygen atoms in total. The van der Waals surface area contributed by atoms with Crippen molar-refractivity contribution < 1.29 is 0 Å². The molecule has 48 valence electrons. The van der Waals surface area contributed by atoms with Crippen molar-refractivity contribution in [3.63, 3.8) is 0 Å². The molecular weight excluding hydrogens is 110 g/mol. The van der Waals surface area contributed by atoms with E-state index in [0.29, 0.717) is 0 Å². The number of hydrogen-bond acceptors (Lipinski definition) is 1. The van der Waals surface area contributed by atoms with E-state index in [1.54, 1.807) is 0 Å². The molecule has 1 N–H and O–H groups in total. The van der Waals surface area contributed by atoms with E-state index in [9.17, 15) is 0 Å². The number of hydrogen-bond donors (Lipinski definition) is 1. The average Bonchev–Trinajstić information content (AvgIpc) is 1.89. The highest BCUT2D eigenvalue weighted by atomic mass is 14.8. The molecule has 0 aliphatic carbocycles. The van der Waals surface area contributed by atoms with E-state index in [2.05, 4.69) is 24.9 Å². The van der Waals surface area contributed by atoms with Crippen LogP contribution in [0.4, 0.5) is 0 Å². The fourth-order valence-corrected chi connectivity index (χ4v) is 0.833. The molecule has 0 fully saturated rings. The molecule has 0 aromatic heterocycles. The fraction of sp³-hybridized carbons (Fsp3) is 0.250. The largest absolute Gasteiger partial charge is 0.387 e. The summed E-state index contributed by atoms with van der Waals surface area (Å²) < 4.78 is 0. The standard InChI is InChI=1S/C8H11N/c1-3-8-6-9-5-4-7(8)2/h3-4,6,9H,1,5H2,2H3. The molecule has 0 radical (unpaired) electrons. The molecule has 0 amide bonds. The van der Waals surface area contributed by atoms with Gasteiger partial charge in [-0.1, -0.05) is 18.7 Å². The molecule has 0 unspecified atom stereocenters. The van der Waals surface area contributed by atoms with Gasteiger partial charge in [0.2, 0.25) is 0 Å². The number of dihydropyridines is 1. The lowest BCUT2D eigenvalue weighted by Gasteiger charge is -2.08. The second kappa shape index (κ2) is 2.53. The molecule has 1 heterocycles. The van der Waals surface area contributed by atoms with Gasteiger partial charge in [0.25, 0.3) is 0 Å². The summed E-state index contributed by atoms with van der Waals surface area (Å²) in [5.41, 5.74) is 2.50. The maximum atomic E-state index is 3.69. The van der Waals surface area contributed by atoms with E-state index in [0.717, 1.165) is 6.54 Å². The number of allylic oxidation sites excluding steroid dienone is 3. The van der Waals surface area contributed by atoms with Gasteiger partial charge in [0.15, 0.2) is 0 Å². The van der Waals surface area contributed by atoms with E-state index in [-0.39, 0.29) is 0 Å². The van der Waals surface area contributed by atoms with Gasteiger partial charge in [0, 0.05) is 12.7 Å². The second-order valence-electron chi connectivity index (χ2n) is 2.10. The minimum atomic E-state index is 0.948. The van der Waals surface area contributed by atoms with Gasteiger partial charge in [0.05, 0.1) is 0 Å². The minimum absolute atomic E-state index is 0.948. The van der Waals surface area contributed by atoms with Gasteiger partial charge in [0.1, 0.15) is 0 Å². The van der Waals surface area contributed by atoms with Crippen LogP contribution in [0, 0.1) is 0 Å². The van der Waals surface area contributed by atoms with Crippen molar-refractivity contribution in [2.75, 3.05) is 6.54 Å². The molecule has 1 aliphatic rings. The Bertz CT molecular complexity index is 175. The van der Waals surface area contributed by atoms with E-state index < -0.39 is 0 Å². The Hall–Kier alpha value is -0.980. The van der Waals surface area contributed by atoms with Crippen LogP contribution in [0.15, 0.2) is 36.1 Å². The predicted molar refractivity (Wildman–Crippen MR) is 40.0 cm³/mol. The molecule has 1 aliphatic heterocycles. The zero-order chi connectivity index (χ0) is 6.69. The molecule has 1 heteroatoms. The zero-order valence-corrected chi connectivity index (χ0v) is 5.65. The monoisotopic (exact) mass is 121 g/mol. The highest BCUT2D eigenvalue weighted by Crippen LogP contribution is 2.10. The molecule has 0 saturated carbocycles. The Kier molecular flexibility index (Phi) is 1.73. The fourth-order valence-electron chi connectivity index (χ4n) is 0.833. The van der Waals surface area contributed by atoms with Crippen LogP contribution in [0.1, 0.15) is 6.92 Å². The van der Waals surface area contributed by atoms with Gasteiger partial charge in [-0.25, -0.2) is 0 Å². The summed E-state index contributed by atoms with van der Waals surface area (Å²) in [5.74, 6) is 0. The summed E-state index contributed by atoms with van der Waals surface area (Å²) in [5, 5.41) is 3.11. The number of rotatable bonds is 1. The first-order chi connectivity index (χ1) is 4.34. The normalized spacial score (nSPS) is 17.4. The van der Waals surface area contributed by atoms with Gasteiger partial charge in [-0.2, -0.15) is 0 Å². The smallest absolute Gasteiger partial charge is 0.0331 e. The molecule has 0 bridgehead atoms. The summed E-state index contributed by atoms with van der Waals surface area (Å²) in [6.45, 7) is 6.72. The Labute approximate surface area is 55.8 Å². The van der Waals surface area contributed by atoms with E-state index >= 15 is 0 Å². The number of nitrogens with one attached hydrogen (secondary N) is 1. The molecule has 1 rings (SSSR count). The highest BCUT2D eigenvalue weighted by Gasteiger charge is 1.97. The minimum Gasteiger partial charge on any atom is -0.387 e. The van der Waals surface area contributed by atoms with Gasteiger partial charge < -0.3 is 5.32 Å². The van der Waals surface area contributed by atoms with Crippen LogP contribution in [0.5, 0.6) is 0 Å². The van der Waals surface area contributed by atoms with Crippen molar-refractivity contribution in [1.82, 2.24) is 5.32 Å². The maximum absolute atomic E-state index is 3.69. The molecule has 0 spiro atoms. The SMILES string of the molecule is C=CC1=CNCC=C1C. The van der Waals surface area contributed by atoms with Crippen molar-refractivity contribution in [2.45, 2.75) is 6.92 Å². The maximum Gasteiger partial charge on any atom is 0.0331 e. The summed E-state index contributed by atoms with van der Waals surface area (Å²) in [6.07, 6.45) is 6.00. The van der Waals surface area contributed by atoms with Crippen molar-refractivity contribution in [2.24, 2.45) is 0 Å². The first-order valence-electron chi connectivity index (χ1n) is 3.07. The summed E-state index contributed by atoms with van der Waals surface area (Å²) in [7, 11) is 0. The molecule has 0 saturated heterocycles. The van der Waals surface area contributed by atoms with Crippen LogP contribution < -0.4 is 5.32 Å². The third-order valence-electron chi connectivity index (χ3n) is 1.46. The molecule has 0 atom stereocenters. The van der Waals surface area contributed by atoms with Crippen LogP contribution in [0.2, 0.25) is 0 Å². The van der Waals surface area contributed by atoms with E-state index in [1.807, 2.05) is 12.3 Å². The lowest BCUT2D eigenvalue weighted by Crippen LogP contribution is -2.10.